The number of benzene rings is 2. The van der Waals surface area contributed by atoms with Crippen molar-refractivity contribution in [1.29, 1.82) is 0 Å². The van der Waals surface area contributed by atoms with Gasteiger partial charge < -0.3 is 5.32 Å². The molecule has 0 saturated carbocycles. The number of aryl methyl sites for hydroxylation is 1. The van der Waals surface area contributed by atoms with Crippen LogP contribution in [0.4, 0.5) is 28.0 Å². The maximum absolute atomic E-state index is 14.1. The van der Waals surface area contributed by atoms with E-state index in [4.69, 9.17) is 0 Å². The van der Waals surface area contributed by atoms with Gasteiger partial charge in [-0.25, -0.2) is 18.0 Å². The van der Waals surface area contributed by atoms with Crippen LogP contribution in [0.25, 0.3) is 11.1 Å². The van der Waals surface area contributed by atoms with Crippen LogP contribution in [-0.2, 0) is 6.42 Å². The van der Waals surface area contributed by atoms with Crippen molar-refractivity contribution in [3.05, 3.63) is 71.8 Å². The van der Waals surface area contributed by atoms with Crippen LogP contribution >= 0.6 is 0 Å². The number of nitrogens with zero attached hydrogens (tertiary/aromatic N) is 2. The van der Waals surface area contributed by atoms with Crippen molar-refractivity contribution in [2.45, 2.75) is 6.42 Å². The van der Waals surface area contributed by atoms with E-state index < -0.39 is 30.2 Å². The zero-order valence-corrected chi connectivity index (χ0v) is 13.3. The van der Waals surface area contributed by atoms with Crippen molar-refractivity contribution in [3.8, 4) is 11.1 Å². The Balaban J connectivity index is 1.92. The van der Waals surface area contributed by atoms with Gasteiger partial charge in [-0.2, -0.15) is 9.78 Å². The minimum absolute atomic E-state index is 0.0247. The van der Waals surface area contributed by atoms with E-state index in [1.54, 1.807) is 12.1 Å². The number of nitrogens with one attached hydrogen (secondary N) is 1. The maximum atomic E-state index is 14.1. The van der Waals surface area contributed by atoms with Crippen molar-refractivity contribution in [2.24, 2.45) is 0 Å². The number of carbonyl (C=O) groups is 1. The summed E-state index contributed by atoms with van der Waals surface area (Å²) in [6, 6.07) is 9.18. The summed E-state index contributed by atoms with van der Waals surface area (Å²) in [6.07, 6.45) is 1.26. The Morgan fingerprint density at radius 1 is 1.08 bits per heavy atom. The molecule has 1 heterocycles. The van der Waals surface area contributed by atoms with Crippen LogP contribution in [0.15, 0.2) is 42.6 Å². The highest BCUT2D eigenvalue weighted by Gasteiger charge is 2.16. The van der Waals surface area contributed by atoms with Gasteiger partial charge in [-0.05, 0) is 12.1 Å². The van der Waals surface area contributed by atoms with Gasteiger partial charge in [0, 0.05) is 35.9 Å². The third-order valence-electron chi connectivity index (χ3n) is 3.59. The Morgan fingerprint density at radius 3 is 2.58 bits per heavy atom. The highest BCUT2D eigenvalue weighted by Crippen LogP contribution is 2.31. The van der Waals surface area contributed by atoms with Gasteiger partial charge in [0.15, 0.2) is 11.6 Å². The van der Waals surface area contributed by atoms with E-state index in [1.807, 2.05) is 0 Å². The second-order valence-electron chi connectivity index (χ2n) is 5.33. The van der Waals surface area contributed by atoms with E-state index >= 15 is 0 Å². The Hall–Kier alpha value is -3.16. The molecule has 0 spiro atoms. The summed E-state index contributed by atoms with van der Waals surface area (Å²) >= 11 is 0. The molecule has 0 aliphatic heterocycles. The van der Waals surface area contributed by atoms with E-state index in [2.05, 4.69) is 16.5 Å². The third kappa shape index (κ3) is 3.58. The molecule has 1 amide bonds. The molecule has 1 radical (unpaired) electrons. The van der Waals surface area contributed by atoms with E-state index in [9.17, 15) is 22.4 Å². The molecule has 8 heteroatoms. The fourth-order valence-corrected chi connectivity index (χ4v) is 2.37. The van der Waals surface area contributed by atoms with Gasteiger partial charge in [0.1, 0.15) is 5.82 Å². The molecule has 1 aromatic heterocycles. The average Bonchev–Trinajstić information content (AvgIpc) is 3.08. The quantitative estimate of drug-likeness (QED) is 0.554. The van der Waals surface area contributed by atoms with Crippen LogP contribution in [0, 0.1) is 23.5 Å². The number of hydrogen-bond acceptors (Lipinski definition) is 2. The number of rotatable bonds is 4. The van der Waals surface area contributed by atoms with Gasteiger partial charge in [-0.3, -0.25) is 4.39 Å². The summed E-state index contributed by atoms with van der Waals surface area (Å²) in [5, 5.41) is 6.37. The van der Waals surface area contributed by atoms with Gasteiger partial charge in [0.05, 0.1) is 18.1 Å². The molecule has 3 rings (SSSR count). The number of carbonyl (C=O) groups excluding carboxylic acids is 1. The SMILES string of the molecule is O=C(Nc1ccccc1-c1cc(F)c(F)cc1F)n1c[c]c(CCF)n1. The molecule has 0 atom stereocenters. The van der Waals surface area contributed by atoms with Crippen molar-refractivity contribution in [3.63, 3.8) is 0 Å². The van der Waals surface area contributed by atoms with Crippen LogP contribution in [0.1, 0.15) is 5.69 Å². The summed E-state index contributed by atoms with van der Waals surface area (Å²) in [5.74, 6) is -3.48. The molecule has 133 valence electrons. The normalized spacial score (nSPS) is 10.8. The second-order valence-corrected chi connectivity index (χ2v) is 5.33. The van der Waals surface area contributed by atoms with Gasteiger partial charge in [-0.1, -0.05) is 18.2 Å². The smallest absolute Gasteiger partial charge is 0.305 e. The topological polar surface area (TPSA) is 46.9 Å². The summed E-state index contributed by atoms with van der Waals surface area (Å²) < 4.78 is 53.9. The van der Waals surface area contributed by atoms with Crippen LogP contribution in [0.2, 0.25) is 0 Å². The lowest BCUT2D eigenvalue weighted by Gasteiger charge is -2.12. The highest BCUT2D eigenvalue weighted by atomic mass is 19.2. The first-order valence-electron chi connectivity index (χ1n) is 7.57. The lowest BCUT2D eigenvalue weighted by atomic mass is 10.0. The molecular weight excluding hydrogens is 350 g/mol. The Bertz CT molecular complexity index is 955. The van der Waals surface area contributed by atoms with Crippen molar-refractivity contribution >= 4 is 11.7 Å². The van der Waals surface area contributed by atoms with Gasteiger partial charge in [-0.15, -0.1) is 0 Å². The zero-order chi connectivity index (χ0) is 18.7. The monoisotopic (exact) mass is 362 g/mol. The lowest BCUT2D eigenvalue weighted by Crippen LogP contribution is -2.20. The summed E-state index contributed by atoms with van der Waals surface area (Å²) in [6.45, 7) is -0.632. The first kappa shape index (κ1) is 17.7. The van der Waals surface area contributed by atoms with Crippen LogP contribution in [0.5, 0.6) is 0 Å². The van der Waals surface area contributed by atoms with Crippen molar-refractivity contribution in [2.75, 3.05) is 12.0 Å². The molecule has 1 N–H and O–H groups in total. The number of anilines is 1. The van der Waals surface area contributed by atoms with Crippen molar-refractivity contribution in [1.82, 2.24) is 9.78 Å². The molecule has 0 fully saturated rings. The molecule has 26 heavy (non-hydrogen) atoms. The fourth-order valence-electron chi connectivity index (χ4n) is 2.37. The van der Waals surface area contributed by atoms with Gasteiger partial charge >= 0.3 is 6.03 Å². The van der Waals surface area contributed by atoms with Crippen LogP contribution < -0.4 is 5.32 Å². The Morgan fingerprint density at radius 2 is 1.81 bits per heavy atom. The van der Waals surface area contributed by atoms with Crippen molar-refractivity contribution < 1.29 is 22.4 Å². The third-order valence-corrected chi connectivity index (χ3v) is 3.59. The largest absolute Gasteiger partial charge is 0.346 e. The first-order chi connectivity index (χ1) is 12.5. The minimum Gasteiger partial charge on any atom is -0.305 e. The zero-order valence-electron chi connectivity index (χ0n) is 13.3. The fraction of sp³-hybridized carbons (Fsp3) is 0.111. The Labute approximate surface area is 146 Å². The number of para-hydroxylation sites is 1. The number of alkyl halides is 1. The summed E-state index contributed by atoms with van der Waals surface area (Å²) in [5.41, 5.74) is 0.412. The minimum atomic E-state index is -1.31. The Kier molecular flexibility index (Phi) is 5.01. The molecular formula is C18H12F4N3O. The number of hydrogen-bond donors (Lipinski definition) is 1. The average molecular weight is 362 g/mol. The molecule has 0 aliphatic rings. The molecule has 0 saturated heterocycles. The van der Waals surface area contributed by atoms with Crippen LogP contribution in [0.3, 0.4) is 0 Å². The summed E-state index contributed by atoms with van der Waals surface area (Å²) in [4.78, 5) is 12.3. The number of halogens is 4. The highest BCUT2D eigenvalue weighted by molar-refractivity contribution is 5.95. The van der Waals surface area contributed by atoms with Gasteiger partial charge in [0.2, 0.25) is 0 Å². The number of amides is 1. The lowest BCUT2D eigenvalue weighted by molar-refractivity contribution is 0.250. The van der Waals surface area contributed by atoms with E-state index in [0.717, 1.165) is 10.7 Å². The van der Waals surface area contributed by atoms with E-state index in [-0.39, 0.29) is 28.9 Å². The maximum Gasteiger partial charge on any atom is 0.346 e. The molecule has 4 nitrogen and oxygen atoms in total. The van der Waals surface area contributed by atoms with Gasteiger partial charge in [0.25, 0.3) is 0 Å². The predicted octanol–water partition coefficient (Wildman–Crippen LogP) is 4.36. The van der Waals surface area contributed by atoms with E-state index in [0.29, 0.717) is 6.07 Å². The molecule has 0 aliphatic carbocycles. The predicted molar refractivity (Wildman–Crippen MR) is 86.9 cm³/mol. The molecule has 0 bridgehead atoms. The second kappa shape index (κ2) is 7.38. The summed E-state index contributed by atoms with van der Waals surface area (Å²) in [7, 11) is 0. The molecule has 3 aromatic rings. The number of aromatic nitrogens is 2. The van der Waals surface area contributed by atoms with E-state index in [1.165, 1.54) is 18.3 Å². The first-order valence-corrected chi connectivity index (χ1v) is 7.57. The van der Waals surface area contributed by atoms with Crippen LogP contribution in [-0.4, -0.2) is 22.5 Å². The molecule has 2 aromatic carbocycles. The molecule has 0 unspecified atom stereocenters. The standard InChI is InChI=1S/C18H12F4N3O/c19-7-5-11-6-8-25(24-11)18(26)23-17-4-2-1-3-12(17)13-9-15(21)16(22)10-14(13)20/h1-4,8-10H,5,7H2,(H,23,26).